The van der Waals surface area contributed by atoms with Crippen LogP contribution >= 0.6 is 23.4 Å². The largest absolute Gasteiger partial charge is 0.368 e. The fourth-order valence-electron chi connectivity index (χ4n) is 1.43. The Balaban J connectivity index is 2.73. The molecule has 2 N–H and O–H groups in total. The van der Waals surface area contributed by atoms with Gasteiger partial charge in [0, 0.05) is 18.2 Å². The van der Waals surface area contributed by atoms with Crippen LogP contribution in [0.1, 0.15) is 13.8 Å². The Bertz CT molecular complexity index is 548. The monoisotopic (exact) mass is 324 g/mol. The first-order valence-corrected chi connectivity index (χ1v) is 8.92. The zero-order valence-corrected chi connectivity index (χ0v) is 13.6. The number of nitrogens with one attached hydrogen (secondary N) is 2. The molecule has 1 aromatic heterocycles. The van der Waals surface area contributed by atoms with Gasteiger partial charge in [-0.2, -0.15) is 0 Å². The van der Waals surface area contributed by atoms with Gasteiger partial charge in [-0.05, 0) is 20.1 Å². The normalized spacial score (nSPS) is 12.5. The second-order valence-electron chi connectivity index (χ2n) is 4.67. The Morgan fingerprint density at radius 3 is 2.58 bits per heavy atom. The lowest BCUT2D eigenvalue weighted by atomic mass is 10.1. The van der Waals surface area contributed by atoms with Gasteiger partial charge in [0.15, 0.2) is 5.16 Å². The molecular weight excluding hydrogens is 308 g/mol. The molecule has 19 heavy (non-hydrogen) atoms. The number of halogens is 1. The Labute approximate surface area is 122 Å². The summed E-state index contributed by atoms with van der Waals surface area (Å²) in [5, 5.41) is 3.95. The lowest BCUT2D eigenvalue weighted by Gasteiger charge is -2.25. The number of rotatable bonds is 6. The molecule has 0 aliphatic carbocycles. The van der Waals surface area contributed by atoms with Gasteiger partial charge in [-0.3, -0.25) is 0 Å². The molecule has 0 aliphatic heterocycles. The summed E-state index contributed by atoms with van der Waals surface area (Å²) in [6, 6.07) is 1.60. The van der Waals surface area contributed by atoms with E-state index in [1.807, 2.05) is 6.26 Å². The van der Waals surface area contributed by atoms with Gasteiger partial charge in [0.2, 0.25) is 10.0 Å². The average Bonchev–Trinajstić information content (AvgIpc) is 2.22. The summed E-state index contributed by atoms with van der Waals surface area (Å²) in [5.74, 6) is 0.563. The lowest BCUT2D eigenvalue weighted by Crippen LogP contribution is -2.47. The van der Waals surface area contributed by atoms with Crippen LogP contribution in [0.2, 0.25) is 5.15 Å². The maximum Gasteiger partial charge on any atom is 0.209 e. The van der Waals surface area contributed by atoms with Crippen molar-refractivity contribution in [3.05, 3.63) is 11.2 Å². The molecule has 1 aromatic rings. The van der Waals surface area contributed by atoms with Gasteiger partial charge in [0.05, 0.1) is 6.26 Å². The van der Waals surface area contributed by atoms with Crippen LogP contribution in [0.15, 0.2) is 11.2 Å². The third kappa shape index (κ3) is 6.42. The van der Waals surface area contributed by atoms with E-state index in [1.54, 1.807) is 19.9 Å². The average molecular weight is 325 g/mol. The third-order valence-electron chi connectivity index (χ3n) is 2.03. The van der Waals surface area contributed by atoms with Crippen LogP contribution in [0.25, 0.3) is 0 Å². The molecule has 0 fully saturated rings. The number of sulfonamides is 1. The first kappa shape index (κ1) is 16.5. The summed E-state index contributed by atoms with van der Waals surface area (Å²) in [6.07, 6.45) is 2.98. The molecule has 0 bridgehead atoms. The molecule has 6 nitrogen and oxygen atoms in total. The van der Waals surface area contributed by atoms with Crippen molar-refractivity contribution in [2.24, 2.45) is 0 Å². The summed E-state index contributed by atoms with van der Waals surface area (Å²) in [4.78, 5) is 8.25. The minimum absolute atomic E-state index is 0.343. The standard InChI is InChI=1S/C10H17ClN4O2S2/c1-10(2,15-19(4,16)17)6-12-8-5-7(11)13-9(14-8)18-3/h5,15H,6H2,1-4H3,(H,12,13,14). The van der Waals surface area contributed by atoms with Crippen LogP contribution in [0.5, 0.6) is 0 Å². The zero-order valence-electron chi connectivity index (χ0n) is 11.2. The van der Waals surface area contributed by atoms with Gasteiger partial charge in [-0.1, -0.05) is 23.4 Å². The fraction of sp³-hybridized carbons (Fsp3) is 0.600. The molecule has 0 saturated heterocycles. The van der Waals surface area contributed by atoms with Crippen molar-refractivity contribution < 1.29 is 8.42 Å². The molecule has 0 aliphatic rings. The number of nitrogens with zero attached hydrogens (tertiary/aromatic N) is 2. The minimum Gasteiger partial charge on any atom is -0.368 e. The van der Waals surface area contributed by atoms with Crippen molar-refractivity contribution >= 4 is 39.2 Å². The second-order valence-corrected chi connectivity index (χ2v) is 7.58. The van der Waals surface area contributed by atoms with E-state index in [2.05, 4.69) is 20.0 Å². The molecular formula is C10H17ClN4O2S2. The highest BCUT2D eigenvalue weighted by Gasteiger charge is 2.22. The number of hydrogen-bond acceptors (Lipinski definition) is 6. The molecule has 9 heteroatoms. The van der Waals surface area contributed by atoms with Gasteiger partial charge in [0.1, 0.15) is 11.0 Å². The molecule has 0 spiro atoms. The van der Waals surface area contributed by atoms with E-state index in [0.29, 0.717) is 22.7 Å². The fourth-order valence-corrected chi connectivity index (χ4v) is 3.12. The van der Waals surface area contributed by atoms with Gasteiger partial charge in [-0.15, -0.1) is 0 Å². The summed E-state index contributed by atoms with van der Waals surface area (Å²) < 4.78 is 25.0. The van der Waals surface area contributed by atoms with Crippen molar-refractivity contribution in [2.75, 3.05) is 24.4 Å². The van der Waals surface area contributed by atoms with E-state index in [0.717, 1.165) is 6.26 Å². The summed E-state index contributed by atoms with van der Waals surface area (Å²) in [7, 11) is -3.26. The predicted octanol–water partition coefficient (Wildman–Crippen LogP) is 1.59. The maximum atomic E-state index is 11.2. The predicted molar refractivity (Wildman–Crippen MR) is 79.4 cm³/mol. The second kappa shape index (κ2) is 6.25. The van der Waals surface area contributed by atoms with E-state index in [4.69, 9.17) is 11.6 Å². The zero-order chi connectivity index (χ0) is 14.7. The van der Waals surface area contributed by atoms with Gasteiger partial charge in [-0.25, -0.2) is 23.1 Å². The van der Waals surface area contributed by atoms with Crippen LogP contribution in [-0.2, 0) is 10.0 Å². The highest BCUT2D eigenvalue weighted by molar-refractivity contribution is 7.98. The van der Waals surface area contributed by atoms with Crippen molar-refractivity contribution in [1.29, 1.82) is 0 Å². The Morgan fingerprint density at radius 1 is 1.42 bits per heavy atom. The molecule has 0 amide bonds. The highest BCUT2D eigenvalue weighted by Crippen LogP contribution is 2.17. The molecule has 0 radical (unpaired) electrons. The number of thioether (sulfide) groups is 1. The molecule has 108 valence electrons. The summed E-state index contributed by atoms with van der Waals surface area (Å²) in [5.41, 5.74) is -0.634. The van der Waals surface area contributed by atoms with Crippen LogP contribution in [-0.4, -0.2) is 43.0 Å². The molecule has 1 rings (SSSR count). The van der Waals surface area contributed by atoms with Gasteiger partial charge >= 0.3 is 0 Å². The van der Waals surface area contributed by atoms with Crippen LogP contribution in [0.4, 0.5) is 5.82 Å². The SMILES string of the molecule is CSc1nc(Cl)cc(NCC(C)(C)NS(C)(=O)=O)n1. The Kier molecular flexibility index (Phi) is 5.43. The van der Waals surface area contributed by atoms with E-state index >= 15 is 0 Å². The van der Waals surface area contributed by atoms with E-state index in [1.165, 1.54) is 11.8 Å². The van der Waals surface area contributed by atoms with Crippen LogP contribution in [0.3, 0.4) is 0 Å². The maximum absolute atomic E-state index is 11.2. The molecule has 0 atom stereocenters. The van der Waals surface area contributed by atoms with Crippen LogP contribution in [0, 0.1) is 0 Å². The van der Waals surface area contributed by atoms with Crippen molar-refractivity contribution in [3.63, 3.8) is 0 Å². The third-order valence-corrected chi connectivity index (χ3v) is 3.69. The van der Waals surface area contributed by atoms with Crippen molar-refractivity contribution in [3.8, 4) is 0 Å². The Hall–Kier alpha value is -0.570. The number of anilines is 1. The first-order valence-electron chi connectivity index (χ1n) is 5.43. The molecule has 0 saturated carbocycles. The highest BCUT2D eigenvalue weighted by atomic mass is 35.5. The molecule has 0 unspecified atom stereocenters. The number of aromatic nitrogens is 2. The Morgan fingerprint density at radius 2 is 2.05 bits per heavy atom. The van der Waals surface area contributed by atoms with Crippen molar-refractivity contribution in [1.82, 2.24) is 14.7 Å². The van der Waals surface area contributed by atoms with E-state index < -0.39 is 15.6 Å². The molecule has 1 heterocycles. The van der Waals surface area contributed by atoms with Gasteiger partial charge < -0.3 is 5.32 Å². The lowest BCUT2D eigenvalue weighted by molar-refractivity contribution is 0.475. The smallest absolute Gasteiger partial charge is 0.209 e. The first-order chi connectivity index (χ1) is 8.61. The van der Waals surface area contributed by atoms with Crippen molar-refractivity contribution in [2.45, 2.75) is 24.5 Å². The van der Waals surface area contributed by atoms with E-state index in [-0.39, 0.29) is 0 Å². The topological polar surface area (TPSA) is 84.0 Å². The van der Waals surface area contributed by atoms with E-state index in [9.17, 15) is 8.42 Å². The summed E-state index contributed by atoms with van der Waals surface area (Å²) in [6.45, 7) is 3.93. The summed E-state index contributed by atoms with van der Waals surface area (Å²) >= 11 is 7.25. The van der Waals surface area contributed by atoms with Gasteiger partial charge in [0.25, 0.3) is 0 Å². The quantitative estimate of drug-likeness (QED) is 0.469. The minimum atomic E-state index is -3.26. The molecule has 0 aromatic carbocycles. The number of hydrogen-bond donors (Lipinski definition) is 2. The van der Waals surface area contributed by atoms with Crippen LogP contribution < -0.4 is 10.0 Å².